The average molecular weight is 326 g/mol. The Morgan fingerprint density at radius 2 is 2.07 bits per heavy atom. The molecule has 0 saturated carbocycles. The molecule has 0 aromatic carbocycles. The highest BCUT2D eigenvalue weighted by atomic mass is 127. The van der Waals surface area contributed by atoms with E-state index in [2.05, 4.69) is 22.6 Å². The van der Waals surface area contributed by atoms with Gasteiger partial charge in [-0.15, -0.1) is 0 Å². The molecule has 88 valence electrons. The Morgan fingerprint density at radius 1 is 1.40 bits per heavy atom. The van der Waals surface area contributed by atoms with Crippen LogP contribution in [0.1, 0.15) is 26.2 Å². The van der Waals surface area contributed by atoms with Crippen LogP contribution in [0.2, 0.25) is 0 Å². The summed E-state index contributed by atoms with van der Waals surface area (Å²) in [6, 6.07) is 0. The van der Waals surface area contributed by atoms with Gasteiger partial charge in [-0.05, 0) is 19.3 Å². The van der Waals surface area contributed by atoms with Crippen molar-refractivity contribution in [3.8, 4) is 0 Å². The van der Waals surface area contributed by atoms with E-state index in [1.165, 1.54) is 32.4 Å². The molecule has 1 saturated heterocycles. The predicted molar refractivity (Wildman–Crippen MR) is 68.4 cm³/mol. The first-order chi connectivity index (χ1) is 7.24. The van der Waals surface area contributed by atoms with Crippen LogP contribution in [0.4, 0.5) is 0 Å². The normalized spacial score (nSPS) is 19.9. The largest absolute Gasteiger partial charge is 0.459 e. The molecule has 1 unspecified atom stereocenters. The zero-order chi connectivity index (χ0) is 11.1. The van der Waals surface area contributed by atoms with Crippen molar-refractivity contribution >= 4 is 28.6 Å². The number of halogens is 1. The Labute approximate surface area is 106 Å². The number of alkyl halides is 1. The molecule has 4 heteroatoms. The first-order valence-electron chi connectivity index (χ1n) is 5.80. The molecule has 1 fully saturated rings. The van der Waals surface area contributed by atoms with Crippen molar-refractivity contribution < 1.29 is 14.4 Å². The molecule has 0 aromatic heterocycles. The molecular formula is C11H21INO2+. The Hall–Kier alpha value is 0.160. The summed E-state index contributed by atoms with van der Waals surface area (Å²) in [7, 11) is 0. The molecule has 1 aliphatic heterocycles. The molecule has 1 heterocycles. The van der Waals surface area contributed by atoms with Gasteiger partial charge in [-0.1, -0.05) is 29.5 Å². The fraction of sp³-hybridized carbons (Fsp3) is 0.909. The third kappa shape index (κ3) is 5.15. The monoisotopic (exact) mass is 326 g/mol. The highest BCUT2D eigenvalue weighted by Gasteiger charge is 2.16. The van der Waals surface area contributed by atoms with Crippen molar-refractivity contribution in [2.45, 2.75) is 26.2 Å². The lowest BCUT2D eigenvalue weighted by Gasteiger charge is -2.23. The molecule has 0 aliphatic carbocycles. The van der Waals surface area contributed by atoms with Crippen LogP contribution in [0.3, 0.4) is 0 Å². The number of quaternary nitrogens is 1. The van der Waals surface area contributed by atoms with E-state index in [4.69, 9.17) is 4.74 Å². The van der Waals surface area contributed by atoms with Gasteiger partial charge in [0.15, 0.2) is 0 Å². The van der Waals surface area contributed by atoms with Gasteiger partial charge >= 0.3 is 5.97 Å². The molecule has 0 radical (unpaired) electrons. The zero-order valence-corrected chi connectivity index (χ0v) is 11.6. The van der Waals surface area contributed by atoms with Gasteiger partial charge in [-0.3, -0.25) is 4.79 Å². The number of likely N-dealkylation sites (tertiary alicyclic amines) is 1. The van der Waals surface area contributed by atoms with Crippen LogP contribution in [0.5, 0.6) is 0 Å². The van der Waals surface area contributed by atoms with Crippen molar-refractivity contribution in [3.63, 3.8) is 0 Å². The second kappa shape index (κ2) is 7.44. The van der Waals surface area contributed by atoms with Gasteiger partial charge < -0.3 is 9.64 Å². The summed E-state index contributed by atoms with van der Waals surface area (Å²) < 4.78 is 6.07. The number of rotatable bonds is 5. The molecular weight excluding hydrogens is 305 g/mol. The summed E-state index contributed by atoms with van der Waals surface area (Å²) in [4.78, 5) is 13.0. The molecule has 1 N–H and O–H groups in total. The van der Waals surface area contributed by atoms with Crippen molar-refractivity contribution in [1.82, 2.24) is 0 Å². The summed E-state index contributed by atoms with van der Waals surface area (Å²) in [5.41, 5.74) is 0. The van der Waals surface area contributed by atoms with Crippen molar-refractivity contribution in [2.75, 3.05) is 30.7 Å². The predicted octanol–water partition coefficient (Wildman–Crippen LogP) is 0.669. The quantitative estimate of drug-likeness (QED) is 0.457. The van der Waals surface area contributed by atoms with Gasteiger partial charge in [-0.25, -0.2) is 0 Å². The molecule has 15 heavy (non-hydrogen) atoms. The number of hydrogen-bond donors (Lipinski definition) is 1. The Bertz CT molecular complexity index is 193. The van der Waals surface area contributed by atoms with E-state index in [1.54, 1.807) is 4.90 Å². The molecule has 0 amide bonds. The van der Waals surface area contributed by atoms with Crippen molar-refractivity contribution in [3.05, 3.63) is 0 Å². The van der Waals surface area contributed by atoms with Crippen LogP contribution in [-0.4, -0.2) is 36.6 Å². The lowest BCUT2D eigenvalue weighted by Crippen LogP contribution is -3.13. The third-order valence-corrected chi connectivity index (χ3v) is 4.22. The van der Waals surface area contributed by atoms with Gasteiger partial charge in [0.2, 0.25) is 0 Å². The lowest BCUT2D eigenvalue weighted by atomic mass is 10.1. The fourth-order valence-corrected chi connectivity index (χ4v) is 2.16. The van der Waals surface area contributed by atoms with E-state index in [1.807, 2.05) is 6.92 Å². The summed E-state index contributed by atoms with van der Waals surface area (Å²) >= 11 is 2.22. The van der Waals surface area contributed by atoms with Crippen molar-refractivity contribution in [2.24, 2.45) is 5.92 Å². The minimum atomic E-state index is -0.0409. The van der Waals surface area contributed by atoms with E-state index < -0.39 is 0 Å². The first kappa shape index (κ1) is 13.2. The van der Waals surface area contributed by atoms with E-state index in [0.29, 0.717) is 6.61 Å². The van der Waals surface area contributed by atoms with Crippen LogP contribution in [-0.2, 0) is 9.53 Å². The molecule has 1 rings (SSSR count). The number of carbonyl (C=O) groups is 1. The summed E-state index contributed by atoms with van der Waals surface area (Å²) in [5.74, 6) is 0.00256. The van der Waals surface area contributed by atoms with E-state index in [0.717, 1.165) is 11.0 Å². The lowest BCUT2D eigenvalue weighted by molar-refractivity contribution is -0.905. The molecule has 0 bridgehead atoms. The van der Waals surface area contributed by atoms with Crippen molar-refractivity contribution in [1.29, 1.82) is 0 Å². The van der Waals surface area contributed by atoms with E-state index >= 15 is 0 Å². The fourth-order valence-electron chi connectivity index (χ4n) is 1.80. The van der Waals surface area contributed by atoms with E-state index in [-0.39, 0.29) is 11.9 Å². The molecule has 0 spiro atoms. The molecule has 0 aromatic rings. The third-order valence-electron chi connectivity index (χ3n) is 2.89. The van der Waals surface area contributed by atoms with E-state index in [9.17, 15) is 4.79 Å². The smallest absolute Gasteiger partial charge is 0.309 e. The van der Waals surface area contributed by atoms with Gasteiger partial charge in [0, 0.05) is 4.43 Å². The summed E-state index contributed by atoms with van der Waals surface area (Å²) in [6.07, 6.45) is 4.02. The highest BCUT2D eigenvalue weighted by molar-refractivity contribution is 14.1. The second-order valence-corrected chi connectivity index (χ2v) is 5.16. The minimum Gasteiger partial charge on any atom is -0.459 e. The maximum Gasteiger partial charge on any atom is 0.309 e. The van der Waals surface area contributed by atoms with Crippen LogP contribution < -0.4 is 4.90 Å². The van der Waals surface area contributed by atoms with Crippen LogP contribution in [0.15, 0.2) is 0 Å². The van der Waals surface area contributed by atoms with Crippen LogP contribution in [0.25, 0.3) is 0 Å². The van der Waals surface area contributed by atoms with Gasteiger partial charge in [-0.2, -0.15) is 0 Å². The number of ether oxygens (including phenoxy) is 1. The minimum absolute atomic E-state index is 0.0409. The molecule has 1 atom stereocenters. The number of piperidine rings is 1. The number of nitrogens with one attached hydrogen (secondary N) is 1. The van der Waals surface area contributed by atoms with Gasteiger partial charge in [0.05, 0.1) is 19.0 Å². The molecule has 3 nitrogen and oxygen atoms in total. The zero-order valence-electron chi connectivity index (χ0n) is 9.43. The van der Waals surface area contributed by atoms with Gasteiger partial charge in [0.1, 0.15) is 13.2 Å². The Balaban J connectivity index is 2.07. The summed E-state index contributed by atoms with van der Waals surface area (Å²) in [5, 5.41) is 0. The second-order valence-electron chi connectivity index (χ2n) is 4.28. The first-order valence-corrected chi connectivity index (χ1v) is 7.32. The molecule has 1 aliphatic rings. The highest BCUT2D eigenvalue weighted by Crippen LogP contribution is 2.02. The SMILES string of the molecule is CC(CI)C(=O)OCC[NH+]1CCCCC1. The summed E-state index contributed by atoms with van der Waals surface area (Å²) in [6.45, 7) is 6.00. The topological polar surface area (TPSA) is 30.7 Å². The maximum absolute atomic E-state index is 11.4. The number of esters is 1. The van der Waals surface area contributed by atoms with Crippen LogP contribution in [0, 0.1) is 5.92 Å². The average Bonchev–Trinajstić information content (AvgIpc) is 2.29. The van der Waals surface area contributed by atoms with Gasteiger partial charge in [0.25, 0.3) is 0 Å². The number of carbonyl (C=O) groups excluding carboxylic acids is 1. The van der Waals surface area contributed by atoms with Crippen LogP contribution >= 0.6 is 22.6 Å². The Morgan fingerprint density at radius 3 is 2.67 bits per heavy atom. The standard InChI is InChI=1S/C11H20INO2/c1-10(9-12)11(14)15-8-7-13-5-3-2-4-6-13/h10H,2-9H2,1H3/p+1. The number of hydrogen-bond acceptors (Lipinski definition) is 2. The Kier molecular flexibility index (Phi) is 6.56. The maximum atomic E-state index is 11.4.